The van der Waals surface area contributed by atoms with Gasteiger partial charge in [0, 0.05) is 32.7 Å². The molecule has 35 heavy (non-hydrogen) atoms. The van der Waals surface area contributed by atoms with E-state index in [0.29, 0.717) is 0 Å². The van der Waals surface area contributed by atoms with Gasteiger partial charge in [-0.1, -0.05) is 128 Å². The van der Waals surface area contributed by atoms with Crippen molar-refractivity contribution in [1.82, 2.24) is 0 Å². The van der Waals surface area contributed by atoms with Gasteiger partial charge in [0.05, 0.1) is 0 Å². The largest absolute Gasteiger partial charge is 0.126 e. The van der Waals surface area contributed by atoms with E-state index in [1.54, 1.807) is 0 Å². The van der Waals surface area contributed by atoms with Gasteiger partial charge >= 0.3 is 0 Å². The second kappa shape index (κ2) is 19.0. The Morgan fingerprint density at radius 3 is 0.686 bits per heavy atom. The van der Waals surface area contributed by atoms with Crippen LogP contribution in [0.5, 0.6) is 0 Å². The minimum atomic E-state index is 0. The summed E-state index contributed by atoms with van der Waals surface area (Å²) in [5, 5.41) is 10.8. The van der Waals surface area contributed by atoms with Crippen LogP contribution in [-0.4, -0.2) is 0 Å². The molecule has 0 aliphatic rings. The molecule has 0 amide bonds. The predicted octanol–water partition coefficient (Wildman–Crippen LogP) is 11.5. The van der Waals surface area contributed by atoms with Crippen LogP contribution in [0.25, 0.3) is 43.1 Å². The van der Waals surface area contributed by atoms with E-state index in [1.807, 2.05) is 55.4 Å². The van der Waals surface area contributed by atoms with Crippen LogP contribution in [0.4, 0.5) is 0 Å². The Hall–Kier alpha value is -2.28. The van der Waals surface area contributed by atoms with Crippen molar-refractivity contribution in [3.63, 3.8) is 0 Å². The third kappa shape index (κ3) is 8.41. The average Bonchev–Trinajstić information content (AvgIpc) is 3.52. The Balaban J connectivity index is 0.000000505. The van der Waals surface area contributed by atoms with Crippen LogP contribution < -0.4 is 0 Å². The molecule has 0 aliphatic heterocycles. The summed E-state index contributed by atoms with van der Waals surface area (Å²) in [6.45, 7) is 16.0. The molecule has 0 nitrogen and oxygen atoms in total. The molecule has 6 aromatic rings. The fraction of sp³-hybridized carbons (Fsp3) is 0.235. The van der Waals surface area contributed by atoms with Crippen LogP contribution in [0.3, 0.4) is 0 Å². The van der Waals surface area contributed by atoms with Gasteiger partial charge in [-0.3, -0.25) is 0 Å². The van der Waals surface area contributed by atoms with Gasteiger partial charge in [0.25, 0.3) is 0 Å². The summed E-state index contributed by atoms with van der Waals surface area (Å²) in [6.07, 6.45) is 0. The molecule has 0 aromatic heterocycles. The SMILES string of the molecule is CC.CC.CC.CC.[Y].c1ccc2c(c1)[cH-]c1ccccc12.c1ccc2c(c1)[cH-]c1ccccc12. The van der Waals surface area contributed by atoms with Crippen molar-refractivity contribution in [3.8, 4) is 0 Å². The zero-order valence-corrected chi connectivity index (χ0v) is 25.8. The third-order valence-corrected chi connectivity index (χ3v) is 5.05. The third-order valence-electron chi connectivity index (χ3n) is 5.05. The van der Waals surface area contributed by atoms with E-state index in [-0.39, 0.29) is 32.7 Å². The van der Waals surface area contributed by atoms with Crippen LogP contribution in [0.1, 0.15) is 55.4 Å². The first kappa shape index (κ1) is 32.7. The standard InChI is InChI=1S/2C13H9.4C2H6.Y/c2*1-3-7-12-10(5-1)9-11-6-2-4-8-13(11)12;4*1-2;/h2*1-9H;4*1-2H3;/q2*-1;;;;;. The zero-order chi connectivity index (χ0) is 25.3. The number of rotatable bonds is 0. The van der Waals surface area contributed by atoms with Crippen LogP contribution in [0.2, 0.25) is 0 Å². The van der Waals surface area contributed by atoms with Crippen molar-refractivity contribution in [2.45, 2.75) is 55.4 Å². The van der Waals surface area contributed by atoms with Crippen molar-refractivity contribution >= 4 is 43.1 Å². The summed E-state index contributed by atoms with van der Waals surface area (Å²) in [5.74, 6) is 0. The van der Waals surface area contributed by atoms with E-state index in [9.17, 15) is 0 Å². The van der Waals surface area contributed by atoms with Gasteiger partial charge in [-0.05, 0) is 0 Å². The topological polar surface area (TPSA) is 0 Å². The van der Waals surface area contributed by atoms with E-state index in [0.717, 1.165) is 0 Å². The first-order valence-corrected chi connectivity index (χ1v) is 13.0. The summed E-state index contributed by atoms with van der Waals surface area (Å²) in [5.41, 5.74) is 0. The van der Waals surface area contributed by atoms with Gasteiger partial charge in [-0.25, -0.2) is 0 Å². The Morgan fingerprint density at radius 1 is 0.314 bits per heavy atom. The molecule has 183 valence electrons. The van der Waals surface area contributed by atoms with E-state index in [4.69, 9.17) is 0 Å². The summed E-state index contributed by atoms with van der Waals surface area (Å²) in [7, 11) is 0. The summed E-state index contributed by atoms with van der Waals surface area (Å²) >= 11 is 0. The molecule has 6 aromatic carbocycles. The molecule has 0 fully saturated rings. The molecular formula is C34H42Y-2. The molecule has 0 saturated carbocycles. The molecule has 0 N–H and O–H groups in total. The Morgan fingerprint density at radius 2 is 0.486 bits per heavy atom. The van der Waals surface area contributed by atoms with Crippen molar-refractivity contribution in [1.29, 1.82) is 0 Å². The monoisotopic (exact) mass is 539 g/mol. The number of fused-ring (bicyclic) bond motifs is 6. The molecule has 0 heterocycles. The van der Waals surface area contributed by atoms with Crippen LogP contribution in [0, 0.1) is 0 Å². The smallest absolute Gasteiger partial charge is 0 e. The average molecular weight is 540 g/mol. The number of hydrogen-bond acceptors (Lipinski definition) is 0. The Kier molecular flexibility index (Phi) is 17.7. The van der Waals surface area contributed by atoms with E-state index in [1.165, 1.54) is 43.1 Å². The Labute approximate surface area is 239 Å². The minimum Gasteiger partial charge on any atom is -0.126 e. The molecule has 1 heteroatoms. The second-order valence-corrected chi connectivity index (χ2v) is 6.64. The van der Waals surface area contributed by atoms with E-state index < -0.39 is 0 Å². The minimum absolute atomic E-state index is 0. The fourth-order valence-corrected chi connectivity index (χ4v) is 3.81. The molecule has 0 atom stereocenters. The second-order valence-electron chi connectivity index (χ2n) is 6.64. The molecule has 0 aliphatic carbocycles. The van der Waals surface area contributed by atoms with Crippen molar-refractivity contribution < 1.29 is 32.7 Å². The molecule has 1 radical (unpaired) electrons. The normalized spacial score (nSPS) is 8.91. The maximum Gasteiger partial charge on any atom is 0 e. The molecule has 0 bridgehead atoms. The van der Waals surface area contributed by atoms with Gasteiger partial charge < -0.3 is 0 Å². The van der Waals surface area contributed by atoms with Crippen LogP contribution >= 0.6 is 0 Å². The van der Waals surface area contributed by atoms with E-state index >= 15 is 0 Å². The van der Waals surface area contributed by atoms with E-state index in [2.05, 4.69) is 109 Å². The molecule has 0 spiro atoms. The summed E-state index contributed by atoms with van der Waals surface area (Å²) < 4.78 is 0. The van der Waals surface area contributed by atoms with Gasteiger partial charge in [0.1, 0.15) is 0 Å². The molecular weight excluding hydrogens is 497 g/mol. The zero-order valence-electron chi connectivity index (χ0n) is 23.0. The van der Waals surface area contributed by atoms with Crippen molar-refractivity contribution in [2.75, 3.05) is 0 Å². The predicted molar refractivity (Wildman–Crippen MR) is 159 cm³/mol. The van der Waals surface area contributed by atoms with Crippen LogP contribution in [-0.2, 0) is 32.7 Å². The number of benzene rings is 4. The van der Waals surface area contributed by atoms with Crippen LogP contribution in [0.15, 0.2) is 109 Å². The molecule has 0 unspecified atom stereocenters. The summed E-state index contributed by atoms with van der Waals surface area (Å²) in [6, 6.07) is 38.5. The maximum atomic E-state index is 2.24. The number of hydrogen-bond donors (Lipinski definition) is 0. The van der Waals surface area contributed by atoms with Gasteiger partial charge in [0.15, 0.2) is 0 Å². The first-order valence-electron chi connectivity index (χ1n) is 13.0. The van der Waals surface area contributed by atoms with Crippen molar-refractivity contribution in [2.24, 2.45) is 0 Å². The van der Waals surface area contributed by atoms with Gasteiger partial charge in [-0.15, -0.1) is 79.5 Å². The first-order chi connectivity index (χ1) is 16.9. The van der Waals surface area contributed by atoms with Crippen molar-refractivity contribution in [3.05, 3.63) is 109 Å². The molecule has 6 rings (SSSR count). The van der Waals surface area contributed by atoms with Gasteiger partial charge in [0.2, 0.25) is 0 Å². The molecule has 0 saturated heterocycles. The summed E-state index contributed by atoms with van der Waals surface area (Å²) in [4.78, 5) is 0. The Bertz CT molecular complexity index is 1130. The quantitative estimate of drug-likeness (QED) is 0.168. The fourth-order valence-electron chi connectivity index (χ4n) is 3.81. The maximum absolute atomic E-state index is 2.24. The van der Waals surface area contributed by atoms with Gasteiger partial charge in [-0.2, -0.15) is 0 Å².